The van der Waals surface area contributed by atoms with Gasteiger partial charge in [0, 0.05) is 0 Å². The summed E-state index contributed by atoms with van der Waals surface area (Å²) >= 11 is 0. The van der Waals surface area contributed by atoms with Crippen LogP contribution in [-0.2, 0) is 6.42 Å². The Morgan fingerprint density at radius 2 is 2.12 bits per heavy atom. The molecule has 1 aromatic carbocycles. The van der Waals surface area contributed by atoms with Crippen LogP contribution in [0, 0.1) is 17.3 Å². The molecule has 5 atom stereocenters. The number of hydrogen-bond acceptors (Lipinski definition) is 3. The van der Waals surface area contributed by atoms with E-state index in [1.807, 2.05) is 0 Å². The van der Waals surface area contributed by atoms with Crippen LogP contribution in [0.3, 0.4) is 0 Å². The van der Waals surface area contributed by atoms with Crippen molar-refractivity contribution < 1.29 is 9.84 Å². The lowest BCUT2D eigenvalue weighted by atomic mass is 9.55. The maximum absolute atomic E-state index is 10.5. The number of fused-ring (bicyclic) bond motifs is 5. The Balaban J connectivity index is 1.55. The molecule has 2 fully saturated rings. The number of benzene rings is 1. The summed E-state index contributed by atoms with van der Waals surface area (Å²) in [6.45, 7) is 3.73. The monoisotopic (exact) mass is 329 g/mol. The van der Waals surface area contributed by atoms with E-state index >= 15 is 0 Å². The van der Waals surface area contributed by atoms with Crippen LogP contribution < -0.4 is 10.5 Å². The summed E-state index contributed by atoms with van der Waals surface area (Å²) < 4.78 is 5.83. The first-order chi connectivity index (χ1) is 11.6. The molecule has 0 aromatic heterocycles. The summed E-state index contributed by atoms with van der Waals surface area (Å²) in [5.41, 5.74) is 8.76. The highest BCUT2D eigenvalue weighted by molar-refractivity contribution is 5.40. The van der Waals surface area contributed by atoms with E-state index < -0.39 is 0 Å². The summed E-state index contributed by atoms with van der Waals surface area (Å²) in [6, 6.07) is 6.73. The maximum Gasteiger partial charge on any atom is 0.119 e. The van der Waals surface area contributed by atoms with Crippen LogP contribution in [0.4, 0.5) is 0 Å². The molecule has 1 aromatic rings. The van der Waals surface area contributed by atoms with E-state index in [0.717, 1.165) is 30.9 Å². The van der Waals surface area contributed by atoms with Gasteiger partial charge in [-0.15, -0.1) is 0 Å². The Morgan fingerprint density at radius 1 is 1.25 bits per heavy atom. The van der Waals surface area contributed by atoms with Gasteiger partial charge in [-0.1, -0.05) is 13.0 Å². The molecule has 0 saturated heterocycles. The van der Waals surface area contributed by atoms with Crippen LogP contribution in [0.25, 0.3) is 0 Å². The summed E-state index contributed by atoms with van der Waals surface area (Å²) in [7, 11) is 0. The van der Waals surface area contributed by atoms with Gasteiger partial charge in [0.15, 0.2) is 0 Å². The number of aliphatic hydroxyl groups excluding tert-OH is 1. The number of nitrogens with two attached hydrogens (primary N) is 1. The molecule has 0 heterocycles. The average molecular weight is 329 g/mol. The van der Waals surface area contributed by atoms with Crippen LogP contribution in [0.5, 0.6) is 5.75 Å². The minimum Gasteiger partial charge on any atom is -0.494 e. The molecular formula is C21H31NO2. The molecule has 0 spiro atoms. The molecule has 0 radical (unpaired) electrons. The second kappa shape index (κ2) is 6.34. The maximum atomic E-state index is 10.5. The molecule has 0 aliphatic heterocycles. The number of rotatable bonds is 4. The van der Waals surface area contributed by atoms with Gasteiger partial charge in [-0.25, -0.2) is 0 Å². The highest BCUT2D eigenvalue weighted by Crippen LogP contribution is 2.60. The lowest BCUT2D eigenvalue weighted by molar-refractivity contribution is -0.0226. The Labute approximate surface area is 145 Å². The predicted octanol–water partition coefficient (Wildman–Crippen LogP) is 3.63. The number of hydrogen-bond donors (Lipinski definition) is 2. The van der Waals surface area contributed by atoms with E-state index in [-0.39, 0.29) is 11.5 Å². The third-order valence-electron chi connectivity index (χ3n) is 7.27. The molecule has 132 valence electrons. The van der Waals surface area contributed by atoms with Gasteiger partial charge in [0.2, 0.25) is 0 Å². The van der Waals surface area contributed by atoms with E-state index in [2.05, 4.69) is 25.1 Å². The Hall–Kier alpha value is -1.06. The van der Waals surface area contributed by atoms with Crippen molar-refractivity contribution in [2.24, 2.45) is 23.0 Å². The lowest BCUT2D eigenvalue weighted by Gasteiger charge is -2.50. The number of aryl methyl sites for hydroxylation is 1. The fraction of sp³-hybridized carbons (Fsp3) is 0.714. The summed E-state index contributed by atoms with van der Waals surface area (Å²) in [4.78, 5) is 0. The molecule has 2 saturated carbocycles. The SMILES string of the molecule is CC12CCC3c4ccc(OCCCN)cc4CC[C@@H]3C1CCC2O. The van der Waals surface area contributed by atoms with E-state index in [4.69, 9.17) is 10.5 Å². The van der Waals surface area contributed by atoms with Gasteiger partial charge >= 0.3 is 0 Å². The molecule has 3 nitrogen and oxygen atoms in total. The van der Waals surface area contributed by atoms with Crippen molar-refractivity contribution in [2.45, 2.75) is 63.9 Å². The van der Waals surface area contributed by atoms with E-state index in [1.165, 1.54) is 31.2 Å². The molecule has 3 aliphatic rings. The molecule has 0 bridgehead atoms. The molecule has 0 amide bonds. The first kappa shape index (κ1) is 16.4. The summed E-state index contributed by atoms with van der Waals surface area (Å²) in [6.07, 6.45) is 7.89. The second-order valence-electron chi connectivity index (χ2n) is 8.40. The van der Waals surface area contributed by atoms with E-state index in [9.17, 15) is 5.11 Å². The van der Waals surface area contributed by atoms with Crippen LogP contribution in [-0.4, -0.2) is 24.4 Å². The molecule has 3 aliphatic carbocycles. The smallest absolute Gasteiger partial charge is 0.119 e. The highest BCUT2D eigenvalue weighted by atomic mass is 16.5. The normalized spacial score (nSPS) is 37.5. The predicted molar refractivity (Wildman–Crippen MR) is 96.2 cm³/mol. The lowest BCUT2D eigenvalue weighted by Crippen LogP contribution is -2.43. The fourth-order valence-corrected chi connectivity index (χ4v) is 5.89. The van der Waals surface area contributed by atoms with Crippen molar-refractivity contribution in [1.82, 2.24) is 0 Å². The zero-order chi connectivity index (χ0) is 16.7. The van der Waals surface area contributed by atoms with Crippen LogP contribution in [0.1, 0.15) is 62.5 Å². The van der Waals surface area contributed by atoms with Crippen molar-refractivity contribution in [2.75, 3.05) is 13.2 Å². The van der Waals surface area contributed by atoms with Gasteiger partial charge in [0.1, 0.15) is 5.75 Å². The third kappa shape index (κ3) is 2.57. The van der Waals surface area contributed by atoms with Gasteiger partial charge in [0.05, 0.1) is 12.7 Å². The van der Waals surface area contributed by atoms with Gasteiger partial charge in [0.25, 0.3) is 0 Å². The second-order valence-corrected chi connectivity index (χ2v) is 8.40. The van der Waals surface area contributed by atoms with Crippen molar-refractivity contribution >= 4 is 0 Å². The minimum atomic E-state index is -0.0804. The molecular weight excluding hydrogens is 298 g/mol. The summed E-state index contributed by atoms with van der Waals surface area (Å²) in [5.74, 6) is 3.16. The summed E-state index contributed by atoms with van der Waals surface area (Å²) in [5, 5.41) is 10.5. The Bertz CT molecular complexity index is 602. The topological polar surface area (TPSA) is 55.5 Å². The van der Waals surface area contributed by atoms with E-state index in [1.54, 1.807) is 5.56 Å². The fourth-order valence-electron chi connectivity index (χ4n) is 5.89. The Kier molecular flexibility index (Phi) is 4.34. The molecule has 4 unspecified atom stereocenters. The highest BCUT2D eigenvalue weighted by Gasteiger charge is 2.54. The van der Waals surface area contributed by atoms with Crippen LogP contribution in [0.15, 0.2) is 18.2 Å². The number of aliphatic hydroxyl groups is 1. The largest absolute Gasteiger partial charge is 0.494 e. The Morgan fingerprint density at radius 3 is 2.96 bits per heavy atom. The van der Waals surface area contributed by atoms with Gasteiger partial charge in [-0.3, -0.25) is 0 Å². The zero-order valence-corrected chi connectivity index (χ0v) is 14.8. The van der Waals surface area contributed by atoms with E-state index in [0.29, 0.717) is 25.0 Å². The van der Waals surface area contributed by atoms with Crippen molar-refractivity contribution in [3.63, 3.8) is 0 Å². The van der Waals surface area contributed by atoms with Crippen molar-refractivity contribution in [3.05, 3.63) is 29.3 Å². The number of ether oxygens (including phenoxy) is 1. The van der Waals surface area contributed by atoms with Crippen LogP contribution in [0.2, 0.25) is 0 Å². The van der Waals surface area contributed by atoms with Crippen LogP contribution >= 0.6 is 0 Å². The van der Waals surface area contributed by atoms with Crippen molar-refractivity contribution in [3.8, 4) is 5.75 Å². The molecule has 3 N–H and O–H groups in total. The van der Waals surface area contributed by atoms with Gasteiger partial charge in [-0.05, 0) is 97.9 Å². The quantitative estimate of drug-likeness (QED) is 0.829. The first-order valence-corrected chi connectivity index (χ1v) is 9.77. The van der Waals surface area contributed by atoms with Crippen molar-refractivity contribution in [1.29, 1.82) is 0 Å². The first-order valence-electron chi connectivity index (χ1n) is 9.77. The van der Waals surface area contributed by atoms with Gasteiger partial charge in [-0.2, -0.15) is 0 Å². The standard InChI is InChI=1S/C21H31NO2/c1-21-10-9-17-16-6-4-15(24-12-2-11-22)13-14(16)3-5-18(17)19(21)7-8-20(21)23/h4,6,13,17-20,23H,2-3,5,7-12,22H2,1H3/t17?,18-,19?,20?,21?/m0/s1. The zero-order valence-electron chi connectivity index (χ0n) is 14.8. The molecule has 4 rings (SSSR count). The third-order valence-corrected chi connectivity index (χ3v) is 7.27. The van der Waals surface area contributed by atoms with Gasteiger partial charge < -0.3 is 15.6 Å². The molecule has 24 heavy (non-hydrogen) atoms. The minimum absolute atomic E-state index is 0.0804. The average Bonchev–Trinajstić information content (AvgIpc) is 2.90. The molecule has 3 heteroatoms.